The SMILES string of the molecule is CC1(C)OB(C(C[Si](C)(C)c2ccccc2)(c2ccccc2)c2ccccc2)OC1(C)C. The van der Waals surface area contributed by atoms with Gasteiger partial charge in [-0.15, -0.1) is 0 Å². The summed E-state index contributed by atoms with van der Waals surface area (Å²) in [5.41, 5.74) is 1.71. The lowest BCUT2D eigenvalue weighted by molar-refractivity contribution is 0.00578. The Morgan fingerprint density at radius 2 is 1.03 bits per heavy atom. The molecule has 0 aromatic heterocycles. The Bertz CT molecular complexity index is 977. The van der Waals surface area contributed by atoms with Crippen LogP contribution in [0.15, 0.2) is 91.0 Å². The highest BCUT2D eigenvalue weighted by Crippen LogP contribution is 2.49. The van der Waals surface area contributed by atoms with E-state index in [0.29, 0.717) is 0 Å². The molecule has 0 spiro atoms. The molecule has 32 heavy (non-hydrogen) atoms. The topological polar surface area (TPSA) is 18.5 Å². The van der Waals surface area contributed by atoms with Gasteiger partial charge >= 0.3 is 7.12 Å². The molecule has 1 fully saturated rings. The van der Waals surface area contributed by atoms with Crippen molar-refractivity contribution in [3.8, 4) is 0 Å². The molecule has 0 atom stereocenters. The second kappa shape index (κ2) is 8.33. The zero-order valence-corrected chi connectivity index (χ0v) is 21.3. The van der Waals surface area contributed by atoms with Gasteiger partial charge in [0.2, 0.25) is 0 Å². The first-order chi connectivity index (χ1) is 15.1. The summed E-state index contributed by atoms with van der Waals surface area (Å²) in [6, 6.07) is 33.7. The van der Waals surface area contributed by atoms with Crippen LogP contribution in [0.5, 0.6) is 0 Å². The first-order valence-corrected chi connectivity index (χ1v) is 14.8. The van der Waals surface area contributed by atoms with Gasteiger partial charge in [0.25, 0.3) is 0 Å². The van der Waals surface area contributed by atoms with Crippen molar-refractivity contribution < 1.29 is 9.31 Å². The summed E-state index contributed by atoms with van der Waals surface area (Å²) in [5, 5.41) is 1.03. The predicted molar refractivity (Wildman–Crippen MR) is 138 cm³/mol. The Kier molecular flexibility index (Phi) is 6.00. The molecular formula is C28H35BO2Si. The van der Waals surface area contributed by atoms with E-state index in [-0.39, 0.29) is 7.12 Å². The van der Waals surface area contributed by atoms with Gasteiger partial charge in [0.05, 0.1) is 24.6 Å². The fraction of sp³-hybridized carbons (Fsp3) is 0.357. The average Bonchev–Trinajstić information content (AvgIpc) is 3.01. The Hall–Kier alpha value is -2.14. The van der Waals surface area contributed by atoms with E-state index in [1.54, 1.807) is 0 Å². The van der Waals surface area contributed by atoms with E-state index in [1.807, 2.05) is 0 Å². The van der Waals surface area contributed by atoms with Gasteiger partial charge in [-0.1, -0.05) is 109 Å². The van der Waals surface area contributed by atoms with Gasteiger partial charge in [-0.3, -0.25) is 0 Å². The molecule has 0 unspecified atom stereocenters. The lowest BCUT2D eigenvalue weighted by atomic mass is 9.51. The summed E-state index contributed by atoms with van der Waals surface area (Å²) >= 11 is 0. The highest BCUT2D eigenvalue weighted by molar-refractivity contribution is 6.90. The maximum absolute atomic E-state index is 6.82. The van der Waals surface area contributed by atoms with E-state index in [0.717, 1.165) is 6.04 Å². The molecule has 0 aliphatic carbocycles. The van der Waals surface area contributed by atoms with Crippen LogP contribution in [0.3, 0.4) is 0 Å². The molecule has 0 amide bonds. The third-order valence-corrected chi connectivity index (χ3v) is 10.8. The van der Waals surface area contributed by atoms with Crippen LogP contribution >= 0.6 is 0 Å². The molecule has 3 aromatic carbocycles. The van der Waals surface area contributed by atoms with Crippen molar-refractivity contribution in [2.45, 2.75) is 63.3 Å². The van der Waals surface area contributed by atoms with Crippen molar-refractivity contribution in [2.24, 2.45) is 0 Å². The second-order valence-electron chi connectivity index (χ2n) is 10.7. The average molecular weight is 442 g/mol. The molecule has 1 saturated heterocycles. The monoisotopic (exact) mass is 442 g/mol. The number of hydrogen-bond donors (Lipinski definition) is 0. The summed E-state index contributed by atoms with van der Waals surface area (Å²) in [4.78, 5) is 0. The molecule has 3 aromatic rings. The predicted octanol–water partition coefficient (Wildman–Crippen LogP) is 6.22. The maximum Gasteiger partial charge on any atom is 0.473 e. The molecule has 2 nitrogen and oxygen atoms in total. The zero-order chi connectivity index (χ0) is 23.0. The van der Waals surface area contributed by atoms with E-state index in [9.17, 15) is 0 Å². The lowest BCUT2D eigenvalue weighted by Gasteiger charge is -2.42. The van der Waals surface area contributed by atoms with E-state index >= 15 is 0 Å². The molecule has 1 aliphatic rings. The maximum atomic E-state index is 6.82. The van der Waals surface area contributed by atoms with E-state index in [4.69, 9.17) is 9.31 Å². The third-order valence-electron chi connectivity index (χ3n) is 7.51. The Balaban J connectivity index is 1.95. The van der Waals surface area contributed by atoms with Crippen LogP contribution in [-0.4, -0.2) is 26.4 Å². The molecule has 1 aliphatic heterocycles. The van der Waals surface area contributed by atoms with Gasteiger partial charge in [-0.25, -0.2) is 0 Å². The third kappa shape index (κ3) is 4.00. The van der Waals surface area contributed by atoms with Crippen molar-refractivity contribution in [1.82, 2.24) is 0 Å². The first kappa shape index (κ1) is 23.0. The molecule has 166 valence electrons. The minimum Gasteiger partial charge on any atom is -0.402 e. The van der Waals surface area contributed by atoms with Gasteiger partial charge < -0.3 is 9.31 Å². The van der Waals surface area contributed by atoms with Crippen LogP contribution in [0, 0.1) is 0 Å². The van der Waals surface area contributed by atoms with E-state index < -0.39 is 24.6 Å². The highest BCUT2D eigenvalue weighted by Gasteiger charge is 2.61. The van der Waals surface area contributed by atoms with Gasteiger partial charge in [-0.2, -0.15) is 0 Å². The Morgan fingerprint density at radius 3 is 1.44 bits per heavy atom. The fourth-order valence-electron chi connectivity index (χ4n) is 4.93. The molecule has 0 saturated carbocycles. The molecule has 0 radical (unpaired) electrons. The lowest BCUT2D eigenvalue weighted by Crippen LogP contribution is -2.55. The van der Waals surface area contributed by atoms with Crippen LogP contribution in [0.2, 0.25) is 19.1 Å². The summed E-state index contributed by atoms with van der Waals surface area (Å²) in [7, 11) is -2.28. The van der Waals surface area contributed by atoms with Crippen molar-refractivity contribution in [1.29, 1.82) is 0 Å². The smallest absolute Gasteiger partial charge is 0.402 e. The quantitative estimate of drug-likeness (QED) is 0.422. The van der Waals surface area contributed by atoms with Gasteiger partial charge in [0, 0.05) is 0 Å². The molecule has 1 heterocycles. The van der Waals surface area contributed by atoms with E-state index in [1.165, 1.54) is 16.3 Å². The minimum absolute atomic E-state index is 0.382. The molecular weight excluding hydrogens is 407 g/mol. The summed E-state index contributed by atoms with van der Waals surface area (Å²) in [5.74, 6) is 0. The van der Waals surface area contributed by atoms with Crippen molar-refractivity contribution in [2.75, 3.05) is 0 Å². The zero-order valence-electron chi connectivity index (χ0n) is 20.3. The number of rotatable bonds is 6. The molecule has 0 N–H and O–H groups in total. The molecule has 4 rings (SSSR count). The molecule has 0 bridgehead atoms. The van der Waals surface area contributed by atoms with E-state index in [2.05, 4.69) is 132 Å². The normalized spacial score (nSPS) is 18.0. The van der Waals surface area contributed by atoms with Crippen LogP contribution in [0.4, 0.5) is 0 Å². The fourth-order valence-corrected chi connectivity index (χ4v) is 8.20. The Morgan fingerprint density at radius 1 is 0.656 bits per heavy atom. The highest BCUT2D eigenvalue weighted by atomic mass is 28.3. The van der Waals surface area contributed by atoms with Crippen LogP contribution in [0.25, 0.3) is 0 Å². The number of benzene rings is 3. The number of hydrogen-bond acceptors (Lipinski definition) is 2. The largest absolute Gasteiger partial charge is 0.473 e. The van der Waals surface area contributed by atoms with Gasteiger partial charge in [-0.05, 0) is 44.9 Å². The summed E-state index contributed by atoms with van der Waals surface area (Å²) in [6.45, 7) is 13.5. The van der Waals surface area contributed by atoms with Crippen LogP contribution in [-0.2, 0) is 14.6 Å². The summed E-state index contributed by atoms with van der Waals surface area (Å²) < 4.78 is 13.6. The van der Waals surface area contributed by atoms with Crippen LogP contribution in [0.1, 0.15) is 38.8 Å². The minimum atomic E-state index is -1.90. The van der Waals surface area contributed by atoms with Crippen molar-refractivity contribution >= 4 is 20.4 Å². The Labute approximate surface area is 195 Å². The van der Waals surface area contributed by atoms with Crippen molar-refractivity contribution in [3.63, 3.8) is 0 Å². The van der Waals surface area contributed by atoms with Gasteiger partial charge in [0.15, 0.2) is 0 Å². The van der Waals surface area contributed by atoms with Crippen molar-refractivity contribution in [3.05, 3.63) is 102 Å². The van der Waals surface area contributed by atoms with Gasteiger partial charge in [0.1, 0.15) is 0 Å². The standard InChI is InChI=1S/C28H35BO2Si/c1-26(2)27(3,4)31-29(30-26)28(23-16-10-7-11-17-23,24-18-12-8-13-19-24)22-32(5,6)25-20-14-9-15-21-25/h7-21H,22H2,1-6H3. The molecule has 4 heteroatoms. The summed E-state index contributed by atoms with van der Waals surface area (Å²) in [6.07, 6.45) is 0. The van der Waals surface area contributed by atoms with Crippen LogP contribution < -0.4 is 5.19 Å². The first-order valence-electron chi connectivity index (χ1n) is 11.6. The second-order valence-corrected chi connectivity index (χ2v) is 15.4.